The topological polar surface area (TPSA) is 57.0 Å². The molecule has 3 rings (SSSR count). The molecule has 0 unspecified atom stereocenters. The van der Waals surface area contributed by atoms with Gasteiger partial charge >= 0.3 is 5.97 Å². The predicted octanol–water partition coefficient (Wildman–Crippen LogP) is 3.82. The van der Waals surface area contributed by atoms with Gasteiger partial charge < -0.3 is 4.74 Å². The molecule has 0 bridgehead atoms. The highest BCUT2D eigenvalue weighted by atomic mass is 32.2. The summed E-state index contributed by atoms with van der Waals surface area (Å²) in [5, 5.41) is 9.30. The van der Waals surface area contributed by atoms with Crippen molar-refractivity contribution in [1.29, 1.82) is 0 Å². The molecule has 0 aliphatic rings. The largest absolute Gasteiger partial charge is 0.468 e. The molecule has 6 heteroatoms. The molecule has 0 aliphatic carbocycles. The molecule has 0 saturated carbocycles. The standard InChI is InChI=1S/C19H19N3O2S/c1-13-4-8-15(9-5-13)18-20-21-19(25-12-17(23)24-3)22(18)16-10-6-14(2)7-11-16/h4-11H,12H2,1-3H3. The Morgan fingerprint density at radius 2 is 1.60 bits per heavy atom. The fraction of sp³-hybridized carbons (Fsp3) is 0.211. The molecular formula is C19H19N3O2S. The minimum atomic E-state index is -0.291. The highest BCUT2D eigenvalue weighted by Crippen LogP contribution is 2.28. The van der Waals surface area contributed by atoms with Crippen LogP contribution in [0.4, 0.5) is 0 Å². The second-order valence-corrected chi connectivity index (χ2v) is 6.65. The number of thioether (sulfide) groups is 1. The summed E-state index contributed by atoms with van der Waals surface area (Å²) in [6.07, 6.45) is 0. The Balaban J connectivity index is 2.05. The molecule has 0 amide bonds. The number of esters is 1. The number of rotatable bonds is 5. The van der Waals surface area contributed by atoms with Gasteiger partial charge in [-0.15, -0.1) is 10.2 Å². The van der Waals surface area contributed by atoms with Crippen LogP contribution < -0.4 is 0 Å². The molecule has 1 heterocycles. The van der Waals surface area contributed by atoms with Crippen molar-refractivity contribution in [2.45, 2.75) is 19.0 Å². The average Bonchev–Trinajstić information content (AvgIpc) is 3.05. The summed E-state index contributed by atoms with van der Waals surface area (Å²) < 4.78 is 6.69. The lowest BCUT2D eigenvalue weighted by Gasteiger charge is -2.10. The van der Waals surface area contributed by atoms with Gasteiger partial charge in [-0.3, -0.25) is 9.36 Å². The lowest BCUT2D eigenvalue weighted by Crippen LogP contribution is -2.05. The van der Waals surface area contributed by atoms with Crippen molar-refractivity contribution in [2.75, 3.05) is 12.9 Å². The van der Waals surface area contributed by atoms with Crippen LogP contribution in [0.1, 0.15) is 11.1 Å². The van der Waals surface area contributed by atoms with Crippen LogP contribution in [0.15, 0.2) is 53.7 Å². The van der Waals surface area contributed by atoms with E-state index >= 15 is 0 Å². The lowest BCUT2D eigenvalue weighted by molar-refractivity contribution is -0.137. The summed E-state index contributed by atoms with van der Waals surface area (Å²) in [4.78, 5) is 11.5. The van der Waals surface area contributed by atoms with E-state index in [0.717, 1.165) is 17.1 Å². The number of ether oxygens (including phenoxy) is 1. The fourth-order valence-electron chi connectivity index (χ4n) is 2.36. The number of aryl methyl sites for hydroxylation is 2. The Kier molecular flexibility index (Phi) is 5.19. The summed E-state index contributed by atoms with van der Waals surface area (Å²) in [7, 11) is 1.38. The van der Waals surface area contributed by atoms with E-state index in [1.54, 1.807) is 0 Å². The SMILES string of the molecule is COC(=O)CSc1nnc(-c2ccc(C)cc2)n1-c1ccc(C)cc1. The quantitative estimate of drug-likeness (QED) is 0.516. The number of aromatic nitrogens is 3. The second-order valence-electron chi connectivity index (χ2n) is 5.71. The molecule has 0 aliphatic heterocycles. The Labute approximate surface area is 151 Å². The molecule has 0 radical (unpaired) electrons. The van der Waals surface area contributed by atoms with Crippen LogP contribution in [0.25, 0.3) is 17.1 Å². The van der Waals surface area contributed by atoms with Crippen molar-refractivity contribution in [3.63, 3.8) is 0 Å². The zero-order chi connectivity index (χ0) is 17.8. The van der Waals surface area contributed by atoms with Gasteiger partial charge in [0.2, 0.25) is 0 Å². The van der Waals surface area contributed by atoms with E-state index in [2.05, 4.69) is 10.2 Å². The summed E-state index contributed by atoms with van der Waals surface area (Å²) in [6, 6.07) is 16.3. The van der Waals surface area contributed by atoms with E-state index < -0.39 is 0 Å². The number of carbonyl (C=O) groups excluding carboxylic acids is 1. The van der Waals surface area contributed by atoms with Gasteiger partial charge in [-0.1, -0.05) is 59.3 Å². The zero-order valence-electron chi connectivity index (χ0n) is 14.4. The number of methoxy groups -OCH3 is 1. The summed E-state index contributed by atoms with van der Waals surface area (Å²) >= 11 is 1.31. The van der Waals surface area contributed by atoms with E-state index in [0.29, 0.717) is 5.16 Å². The van der Waals surface area contributed by atoms with Crippen molar-refractivity contribution in [3.05, 3.63) is 59.7 Å². The minimum Gasteiger partial charge on any atom is -0.468 e. The van der Waals surface area contributed by atoms with Crippen LogP contribution >= 0.6 is 11.8 Å². The Morgan fingerprint density at radius 1 is 1.00 bits per heavy atom. The van der Waals surface area contributed by atoms with Gasteiger partial charge in [-0.25, -0.2) is 0 Å². The van der Waals surface area contributed by atoms with Gasteiger partial charge in [-0.05, 0) is 26.0 Å². The molecule has 1 aromatic heterocycles. The van der Waals surface area contributed by atoms with Crippen LogP contribution in [-0.4, -0.2) is 33.6 Å². The molecular weight excluding hydrogens is 334 g/mol. The summed E-state index contributed by atoms with van der Waals surface area (Å²) in [5.41, 5.74) is 4.30. The van der Waals surface area contributed by atoms with Crippen LogP contribution in [0.3, 0.4) is 0 Å². The van der Waals surface area contributed by atoms with Crippen molar-refractivity contribution in [2.24, 2.45) is 0 Å². The molecule has 0 atom stereocenters. The van der Waals surface area contributed by atoms with Crippen LogP contribution in [-0.2, 0) is 9.53 Å². The first-order valence-corrected chi connectivity index (χ1v) is 8.86. The van der Waals surface area contributed by atoms with Crippen LogP contribution in [0.5, 0.6) is 0 Å². The van der Waals surface area contributed by atoms with E-state index in [9.17, 15) is 4.79 Å². The van der Waals surface area contributed by atoms with Crippen molar-refractivity contribution in [1.82, 2.24) is 14.8 Å². The average molecular weight is 353 g/mol. The van der Waals surface area contributed by atoms with Crippen LogP contribution in [0, 0.1) is 13.8 Å². The molecule has 0 fully saturated rings. The Morgan fingerprint density at radius 3 is 2.20 bits per heavy atom. The maximum atomic E-state index is 11.5. The molecule has 2 aromatic carbocycles. The Bertz CT molecular complexity index is 871. The van der Waals surface area contributed by atoms with Gasteiger partial charge in [0.15, 0.2) is 11.0 Å². The van der Waals surface area contributed by atoms with Crippen molar-refractivity contribution < 1.29 is 9.53 Å². The third kappa shape index (κ3) is 3.91. The minimum absolute atomic E-state index is 0.189. The summed E-state index contributed by atoms with van der Waals surface area (Å²) in [5.74, 6) is 0.644. The molecule has 128 valence electrons. The van der Waals surface area contributed by atoms with Gasteiger partial charge in [-0.2, -0.15) is 0 Å². The van der Waals surface area contributed by atoms with E-state index in [1.165, 1.54) is 30.0 Å². The van der Waals surface area contributed by atoms with Crippen LogP contribution in [0.2, 0.25) is 0 Å². The number of carbonyl (C=O) groups is 1. The van der Waals surface area contributed by atoms with E-state index in [4.69, 9.17) is 4.74 Å². The predicted molar refractivity (Wildman–Crippen MR) is 99.0 cm³/mol. The summed E-state index contributed by atoms with van der Waals surface area (Å²) in [6.45, 7) is 4.09. The van der Waals surface area contributed by atoms with Gasteiger partial charge in [0.25, 0.3) is 0 Å². The normalized spacial score (nSPS) is 10.7. The van der Waals surface area contributed by atoms with Gasteiger partial charge in [0, 0.05) is 11.3 Å². The maximum absolute atomic E-state index is 11.5. The lowest BCUT2D eigenvalue weighted by atomic mass is 10.1. The third-order valence-electron chi connectivity index (χ3n) is 3.78. The zero-order valence-corrected chi connectivity index (χ0v) is 15.2. The molecule has 3 aromatic rings. The highest BCUT2D eigenvalue weighted by molar-refractivity contribution is 7.99. The number of nitrogens with zero attached hydrogens (tertiary/aromatic N) is 3. The monoisotopic (exact) mass is 353 g/mol. The second kappa shape index (κ2) is 7.53. The maximum Gasteiger partial charge on any atom is 0.316 e. The third-order valence-corrected chi connectivity index (χ3v) is 4.68. The van der Waals surface area contributed by atoms with Gasteiger partial charge in [0.1, 0.15) is 0 Å². The van der Waals surface area contributed by atoms with Crippen molar-refractivity contribution in [3.8, 4) is 17.1 Å². The number of hydrogen-bond donors (Lipinski definition) is 0. The Hall–Kier alpha value is -2.60. The van der Waals surface area contributed by atoms with Crippen molar-refractivity contribution >= 4 is 17.7 Å². The molecule has 5 nitrogen and oxygen atoms in total. The molecule has 0 saturated heterocycles. The number of hydrogen-bond acceptors (Lipinski definition) is 5. The van der Waals surface area contributed by atoms with E-state index in [1.807, 2.05) is 66.9 Å². The molecule has 25 heavy (non-hydrogen) atoms. The fourth-order valence-corrected chi connectivity index (χ4v) is 3.15. The first-order valence-electron chi connectivity index (χ1n) is 7.87. The smallest absolute Gasteiger partial charge is 0.316 e. The number of benzene rings is 2. The first kappa shape index (κ1) is 17.2. The first-order chi connectivity index (χ1) is 12.1. The molecule has 0 spiro atoms. The van der Waals surface area contributed by atoms with E-state index in [-0.39, 0.29) is 11.7 Å². The molecule has 0 N–H and O–H groups in total. The highest BCUT2D eigenvalue weighted by Gasteiger charge is 2.17. The van der Waals surface area contributed by atoms with Gasteiger partial charge in [0.05, 0.1) is 12.9 Å².